The molecular formula is C8H16Cl2N2O3. The Labute approximate surface area is 101 Å². The number of nitrogens with zero attached hydrogens (tertiary/aromatic N) is 1. The van der Waals surface area contributed by atoms with Gasteiger partial charge in [0, 0.05) is 26.6 Å². The molecule has 1 aliphatic heterocycles. The van der Waals surface area contributed by atoms with E-state index in [-0.39, 0.29) is 36.7 Å². The third kappa shape index (κ3) is 4.24. The van der Waals surface area contributed by atoms with Gasteiger partial charge in [0.2, 0.25) is 5.91 Å². The molecule has 1 atom stereocenters. The van der Waals surface area contributed by atoms with Crippen molar-refractivity contribution in [3.05, 3.63) is 0 Å². The van der Waals surface area contributed by atoms with Crippen molar-refractivity contribution < 1.29 is 14.3 Å². The van der Waals surface area contributed by atoms with Crippen molar-refractivity contribution in [1.82, 2.24) is 10.2 Å². The topological polar surface area (TPSA) is 58.6 Å². The lowest BCUT2D eigenvalue weighted by molar-refractivity contribution is -0.153. The number of carbonyl (C=O) groups is 2. The quantitative estimate of drug-likeness (QED) is 0.664. The third-order valence-corrected chi connectivity index (χ3v) is 2.12. The van der Waals surface area contributed by atoms with Gasteiger partial charge in [-0.05, 0) is 0 Å². The fourth-order valence-corrected chi connectivity index (χ4v) is 1.43. The smallest absolute Gasteiger partial charge is 0.329 e. The van der Waals surface area contributed by atoms with Crippen LogP contribution in [-0.2, 0) is 14.3 Å². The van der Waals surface area contributed by atoms with Gasteiger partial charge < -0.3 is 15.0 Å². The second kappa shape index (κ2) is 7.73. The second-order valence-corrected chi connectivity index (χ2v) is 2.96. The zero-order valence-corrected chi connectivity index (χ0v) is 10.3. The molecule has 0 aromatic carbocycles. The van der Waals surface area contributed by atoms with Crippen molar-refractivity contribution in [2.24, 2.45) is 0 Å². The fraction of sp³-hybridized carbons (Fsp3) is 0.750. The first-order valence-corrected chi connectivity index (χ1v) is 4.22. The predicted molar refractivity (Wildman–Crippen MR) is 60.6 cm³/mol. The molecule has 15 heavy (non-hydrogen) atoms. The van der Waals surface area contributed by atoms with Gasteiger partial charge in [0.25, 0.3) is 0 Å². The molecule has 0 aromatic rings. The van der Waals surface area contributed by atoms with Crippen molar-refractivity contribution in [2.75, 3.05) is 26.7 Å². The first kappa shape index (κ1) is 16.9. The Bertz CT molecular complexity index is 226. The number of ether oxygens (including phenoxy) is 1. The fourth-order valence-electron chi connectivity index (χ4n) is 1.43. The minimum absolute atomic E-state index is 0. The van der Waals surface area contributed by atoms with Crippen LogP contribution in [0, 0.1) is 0 Å². The molecule has 1 unspecified atom stereocenters. The summed E-state index contributed by atoms with van der Waals surface area (Å²) in [6.45, 7) is 3.23. The van der Waals surface area contributed by atoms with E-state index in [0.29, 0.717) is 13.1 Å². The molecule has 1 amide bonds. The SMILES string of the molecule is COC(=O)C1CNCCN1C(C)=O.Cl.Cl. The molecule has 0 saturated carbocycles. The van der Waals surface area contributed by atoms with Crippen molar-refractivity contribution in [2.45, 2.75) is 13.0 Å². The van der Waals surface area contributed by atoms with Crippen LogP contribution in [0.4, 0.5) is 0 Å². The Morgan fingerprint density at radius 3 is 2.47 bits per heavy atom. The highest BCUT2D eigenvalue weighted by atomic mass is 35.5. The molecule has 0 bridgehead atoms. The van der Waals surface area contributed by atoms with Gasteiger partial charge in [0.1, 0.15) is 6.04 Å². The van der Waals surface area contributed by atoms with Crippen molar-refractivity contribution >= 4 is 36.7 Å². The highest BCUT2D eigenvalue weighted by Crippen LogP contribution is 2.04. The number of amides is 1. The lowest BCUT2D eigenvalue weighted by Crippen LogP contribution is -2.56. The van der Waals surface area contributed by atoms with Gasteiger partial charge in [-0.1, -0.05) is 0 Å². The predicted octanol–water partition coefficient (Wildman–Crippen LogP) is -0.177. The molecule has 1 fully saturated rings. The molecular weight excluding hydrogens is 243 g/mol. The Balaban J connectivity index is 0. The molecule has 90 valence electrons. The third-order valence-electron chi connectivity index (χ3n) is 2.12. The van der Waals surface area contributed by atoms with Gasteiger partial charge in [-0.15, -0.1) is 24.8 Å². The number of esters is 1. The average Bonchev–Trinajstić information content (AvgIpc) is 2.16. The molecule has 5 nitrogen and oxygen atoms in total. The molecule has 1 heterocycles. The summed E-state index contributed by atoms with van der Waals surface area (Å²) < 4.78 is 4.60. The maximum Gasteiger partial charge on any atom is 0.329 e. The van der Waals surface area contributed by atoms with E-state index in [4.69, 9.17) is 0 Å². The van der Waals surface area contributed by atoms with Gasteiger partial charge in [-0.2, -0.15) is 0 Å². The lowest BCUT2D eigenvalue weighted by Gasteiger charge is -2.33. The average molecular weight is 259 g/mol. The molecule has 0 aliphatic carbocycles. The highest BCUT2D eigenvalue weighted by molar-refractivity contribution is 5.85. The molecule has 7 heteroatoms. The van der Waals surface area contributed by atoms with Crippen LogP contribution in [0.5, 0.6) is 0 Å². The Kier molecular flexibility index (Phi) is 8.71. The first-order valence-electron chi connectivity index (χ1n) is 4.22. The van der Waals surface area contributed by atoms with Crippen LogP contribution >= 0.6 is 24.8 Å². The van der Waals surface area contributed by atoms with E-state index < -0.39 is 6.04 Å². The summed E-state index contributed by atoms with van der Waals surface area (Å²) in [6.07, 6.45) is 0. The molecule has 0 spiro atoms. The monoisotopic (exact) mass is 258 g/mol. The number of hydrogen-bond donors (Lipinski definition) is 1. The van der Waals surface area contributed by atoms with Crippen LogP contribution in [0.3, 0.4) is 0 Å². The summed E-state index contributed by atoms with van der Waals surface area (Å²) in [5.41, 5.74) is 0. The van der Waals surface area contributed by atoms with Crippen molar-refractivity contribution in [3.8, 4) is 0 Å². The van der Waals surface area contributed by atoms with E-state index >= 15 is 0 Å². The van der Waals surface area contributed by atoms with Gasteiger partial charge in [0.05, 0.1) is 7.11 Å². The summed E-state index contributed by atoms with van der Waals surface area (Å²) in [5.74, 6) is -0.445. The van der Waals surface area contributed by atoms with Crippen LogP contribution in [0.1, 0.15) is 6.92 Å². The highest BCUT2D eigenvalue weighted by Gasteiger charge is 2.30. The number of nitrogens with one attached hydrogen (secondary N) is 1. The van der Waals surface area contributed by atoms with Gasteiger partial charge in [0.15, 0.2) is 0 Å². The van der Waals surface area contributed by atoms with Crippen molar-refractivity contribution in [3.63, 3.8) is 0 Å². The Morgan fingerprint density at radius 1 is 1.40 bits per heavy atom. The van der Waals surface area contributed by atoms with E-state index in [1.165, 1.54) is 18.9 Å². The molecule has 1 N–H and O–H groups in total. The zero-order chi connectivity index (χ0) is 9.84. The summed E-state index contributed by atoms with van der Waals surface area (Å²) in [6, 6.07) is -0.462. The van der Waals surface area contributed by atoms with Gasteiger partial charge >= 0.3 is 5.97 Å². The van der Waals surface area contributed by atoms with Gasteiger partial charge in [-0.25, -0.2) is 4.79 Å². The number of hydrogen-bond acceptors (Lipinski definition) is 4. The maximum absolute atomic E-state index is 11.2. The van der Waals surface area contributed by atoms with E-state index in [1.54, 1.807) is 0 Å². The van der Waals surface area contributed by atoms with Crippen LogP contribution in [0.15, 0.2) is 0 Å². The number of piperazine rings is 1. The minimum atomic E-state index is -0.462. The number of carbonyl (C=O) groups excluding carboxylic acids is 2. The van der Waals surface area contributed by atoms with E-state index in [0.717, 1.165) is 6.54 Å². The molecule has 1 aliphatic rings. The van der Waals surface area contributed by atoms with Crippen molar-refractivity contribution in [1.29, 1.82) is 0 Å². The maximum atomic E-state index is 11.2. The van der Waals surface area contributed by atoms with Crippen LogP contribution in [-0.4, -0.2) is 49.6 Å². The van der Waals surface area contributed by atoms with Gasteiger partial charge in [-0.3, -0.25) is 4.79 Å². The number of methoxy groups -OCH3 is 1. The largest absolute Gasteiger partial charge is 0.467 e. The van der Waals surface area contributed by atoms with E-state index in [1.807, 2.05) is 0 Å². The summed E-state index contributed by atoms with van der Waals surface area (Å²) >= 11 is 0. The zero-order valence-electron chi connectivity index (χ0n) is 8.69. The summed E-state index contributed by atoms with van der Waals surface area (Å²) in [7, 11) is 1.33. The molecule has 1 rings (SSSR count). The lowest BCUT2D eigenvalue weighted by atomic mass is 10.2. The number of rotatable bonds is 1. The Hall–Kier alpha value is -0.520. The van der Waals surface area contributed by atoms with Crippen LogP contribution in [0.25, 0.3) is 0 Å². The number of halogens is 2. The Morgan fingerprint density at radius 2 is 2.00 bits per heavy atom. The minimum Gasteiger partial charge on any atom is -0.467 e. The molecule has 0 aromatic heterocycles. The summed E-state index contributed by atoms with van der Waals surface area (Å²) in [5, 5.41) is 3.04. The van der Waals surface area contributed by atoms with Crippen LogP contribution < -0.4 is 5.32 Å². The normalized spacial score (nSPS) is 19.6. The summed E-state index contributed by atoms with van der Waals surface area (Å²) in [4.78, 5) is 23.9. The second-order valence-electron chi connectivity index (χ2n) is 2.96. The van der Waals surface area contributed by atoms with Crippen LogP contribution in [0.2, 0.25) is 0 Å². The standard InChI is InChI=1S/C8H14N2O3.2ClH/c1-6(11)10-4-3-9-5-7(10)8(12)13-2;;/h7,9H,3-5H2,1-2H3;2*1H. The first-order chi connectivity index (χ1) is 6.16. The molecule has 0 radical (unpaired) electrons. The van der Waals surface area contributed by atoms with E-state index in [9.17, 15) is 9.59 Å². The molecule has 1 saturated heterocycles. The van der Waals surface area contributed by atoms with E-state index in [2.05, 4.69) is 10.1 Å².